The molecule has 2 nitrogen and oxygen atoms in total. The molecule has 190 valence electrons. The molecular weight excluding hydrogens is 404 g/mol. The summed E-state index contributed by atoms with van der Waals surface area (Å²) < 4.78 is 0. The Hall–Kier alpha value is -2.48. The van der Waals surface area contributed by atoms with Crippen molar-refractivity contribution in [3.63, 3.8) is 0 Å². The van der Waals surface area contributed by atoms with E-state index < -0.39 is 0 Å². The molecule has 0 aliphatic carbocycles. The smallest absolute Gasteiger partial charge is 0.123 e. The predicted octanol–water partition coefficient (Wildman–Crippen LogP) is 10.9. The second-order valence-electron chi connectivity index (χ2n) is 7.33. The lowest BCUT2D eigenvalue weighted by Crippen LogP contribution is -1.90. The predicted molar refractivity (Wildman–Crippen MR) is 154 cm³/mol. The van der Waals surface area contributed by atoms with Gasteiger partial charge in [0.25, 0.3) is 0 Å². The zero-order chi connectivity index (χ0) is 24.4. The summed E-state index contributed by atoms with van der Waals surface area (Å²) in [4.78, 5) is 0. The lowest BCUT2D eigenvalue weighted by molar-refractivity contribution is 0.475. The highest BCUT2D eigenvalue weighted by Gasteiger charge is 2.01. The van der Waals surface area contributed by atoms with Gasteiger partial charge in [0, 0.05) is 10.8 Å². The van der Waals surface area contributed by atoms with Crippen molar-refractivity contribution >= 4 is 10.8 Å². The van der Waals surface area contributed by atoms with Gasteiger partial charge in [-0.1, -0.05) is 139 Å². The van der Waals surface area contributed by atoms with E-state index in [1.165, 1.54) is 17.5 Å². The van der Waals surface area contributed by atoms with Crippen LogP contribution in [-0.4, -0.2) is 10.2 Å². The summed E-state index contributed by atoms with van der Waals surface area (Å²) in [5.41, 5.74) is 2.86. The average molecular weight is 459 g/mol. The van der Waals surface area contributed by atoms with Crippen LogP contribution in [0.3, 0.4) is 0 Å². The number of phenols is 2. The van der Waals surface area contributed by atoms with Crippen molar-refractivity contribution in [3.8, 4) is 11.5 Å². The first-order valence-corrected chi connectivity index (χ1v) is 11.8. The number of hydrogen-bond acceptors (Lipinski definition) is 2. The molecule has 2 N–H and O–H groups in total. The molecule has 2 heteroatoms. The fraction of sp³-hybridized carbons (Fsp3) is 0.484. The van der Waals surface area contributed by atoms with E-state index in [4.69, 9.17) is 0 Å². The molecule has 0 saturated heterocycles. The van der Waals surface area contributed by atoms with Gasteiger partial charge >= 0.3 is 0 Å². The van der Waals surface area contributed by atoms with Gasteiger partial charge < -0.3 is 10.2 Å². The summed E-state index contributed by atoms with van der Waals surface area (Å²) in [5.74, 6) is 1.68. The fourth-order valence-corrected chi connectivity index (χ4v) is 2.54. The molecule has 33 heavy (non-hydrogen) atoms. The Balaban J connectivity index is -0.000000192. The third-order valence-electron chi connectivity index (χ3n) is 4.15. The molecule has 0 unspecified atom stereocenters. The van der Waals surface area contributed by atoms with Gasteiger partial charge in [-0.3, -0.25) is 0 Å². The molecule has 3 aromatic carbocycles. The summed E-state index contributed by atoms with van der Waals surface area (Å²) >= 11 is 0. The van der Waals surface area contributed by atoms with Gasteiger partial charge in [-0.15, -0.1) is 0 Å². The lowest BCUT2D eigenvalue weighted by atomic mass is 9.97. The van der Waals surface area contributed by atoms with Gasteiger partial charge in [0.05, 0.1) is 0 Å². The van der Waals surface area contributed by atoms with Crippen LogP contribution in [0.15, 0.2) is 60.7 Å². The summed E-state index contributed by atoms with van der Waals surface area (Å²) in [7, 11) is 0. The van der Waals surface area contributed by atoms with Crippen LogP contribution in [0.1, 0.15) is 113 Å². The standard InChI is InChI=1S/C12H18.C10H8O2.C3H8.2C2H6.2CH4/c1-9(2)11-5-7-12(8-6-11)10(3)4;11-9-5-1-3-7-8(9)4-2-6-10(7)12;1-3-2;2*1-2;;/h5-10H,1-4H3;1-6,11-12H;3H2,1-2H3;2*1-2H3;2*1H4. The maximum atomic E-state index is 9.38. The first kappa shape index (κ1) is 37.8. The number of aromatic hydroxyl groups is 2. The minimum Gasteiger partial charge on any atom is -0.507 e. The number of phenolic OH excluding ortho intramolecular Hbond substituents is 2. The highest BCUT2D eigenvalue weighted by molar-refractivity contribution is 5.92. The second-order valence-corrected chi connectivity index (χ2v) is 7.33. The van der Waals surface area contributed by atoms with Gasteiger partial charge in [-0.2, -0.15) is 0 Å². The van der Waals surface area contributed by atoms with Crippen LogP contribution in [0.25, 0.3) is 10.8 Å². The highest BCUT2D eigenvalue weighted by Crippen LogP contribution is 2.29. The van der Waals surface area contributed by atoms with Gasteiger partial charge in [-0.05, 0) is 35.1 Å². The minimum absolute atomic E-state index is 0. The van der Waals surface area contributed by atoms with E-state index in [1.807, 2.05) is 27.7 Å². The van der Waals surface area contributed by atoms with Crippen LogP contribution in [-0.2, 0) is 0 Å². The number of benzene rings is 3. The molecule has 0 amide bonds. The third kappa shape index (κ3) is 14.3. The molecule has 0 radical (unpaired) electrons. The van der Waals surface area contributed by atoms with Crippen LogP contribution in [0.2, 0.25) is 0 Å². The van der Waals surface area contributed by atoms with Crippen molar-refractivity contribution in [1.29, 1.82) is 0 Å². The average Bonchev–Trinajstić information content (AvgIpc) is 2.78. The summed E-state index contributed by atoms with van der Waals surface area (Å²) in [5, 5.41) is 20.1. The molecule has 0 aliphatic rings. The molecule has 0 spiro atoms. The van der Waals surface area contributed by atoms with Crippen molar-refractivity contribution in [1.82, 2.24) is 0 Å². The quantitative estimate of drug-likeness (QED) is 0.401. The van der Waals surface area contributed by atoms with Gasteiger partial charge in [0.2, 0.25) is 0 Å². The Labute approximate surface area is 206 Å². The third-order valence-corrected chi connectivity index (χ3v) is 4.15. The van der Waals surface area contributed by atoms with E-state index in [0.29, 0.717) is 22.6 Å². The van der Waals surface area contributed by atoms with Gasteiger partial charge in [-0.25, -0.2) is 0 Å². The summed E-state index contributed by atoms with van der Waals surface area (Å²) in [6, 6.07) is 19.1. The Morgan fingerprint density at radius 1 is 0.545 bits per heavy atom. The normalized spacial score (nSPS) is 8.73. The first-order chi connectivity index (χ1) is 14.8. The molecule has 0 aliphatic heterocycles. The maximum absolute atomic E-state index is 9.38. The molecule has 0 aromatic heterocycles. The number of rotatable bonds is 2. The van der Waals surface area contributed by atoms with Crippen molar-refractivity contribution in [2.75, 3.05) is 0 Å². The SMILES string of the molecule is C.C.CC.CC.CC(C)c1ccc(C(C)C)cc1.CCC.Oc1cccc2c(O)cccc12. The monoisotopic (exact) mass is 458 g/mol. The van der Waals surface area contributed by atoms with E-state index in [9.17, 15) is 10.2 Å². The minimum atomic E-state index is 0. The Kier molecular flexibility index (Phi) is 26.0. The molecular formula is C31H54O2. The van der Waals surface area contributed by atoms with Crippen LogP contribution >= 0.6 is 0 Å². The van der Waals surface area contributed by atoms with E-state index in [2.05, 4.69) is 65.8 Å². The summed E-state index contributed by atoms with van der Waals surface area (Å²) in [6.07, 6.45) is 1.25. The zero-order valence-corrected chi connectivity index (χ0v) is 21.5. The first-order valence-electron chi connectivity index (χ1n) is 11.8. The Morgan fingerprint density at radius 3 is 1.00 bits per heavy atom. The number of fused-ring (bicyclic) bond motifs is 1. The molecule has 0 bridgehead atoms. The number of hydrogen-bond donors (Lipinski definition) is 2. The molecule has 0 heterocycles. The van der Waals surface area contributed by atoms with Crippen LogP contribution in [0, 0.1) is 0 Å². The zero-order valence-electron chi connectivity index (χ0n) is 21.5. The molecule has 0 saturated carbocycles. The molecule has 3 aromatic rings. The van der Waals surface area contributed by atoms with Gasteiger partial charge in [0.1, 0.15) is 11.5 Å². The van der Waals surface area contributed by atoms with E-state index >= 15 is 0 Å². The highest BCUT2D eigenvalue weighted by atomic mass is 16.3. The molecule has 0 fully saturated rings. The van der Waals surface area contributed by atoms with Crippen LogP contribution < -0.4 is 0 Å². The largest absolute Gasteiger partial charge is 0.507 e. The van der Waals surface area contributed by atoms with E-state index in [0.717, 1.165) is 0 Å². The van der Waals surface area contributed by atoms with Gasteiger partial charge in [0.15, 0.2) is 0 Å². The van der Waals surface area contributed by atoms with E-state index in [-0.39, 0.29) is 26.4 Å². The van der Waals surface area contributed by atoms with Crippen molar-refractivity contribution < 1.29 is 10.2 Å². The maximum Gasteiger partial charge on any atom is 0.123 e. The molecule has 0 atom stereocenters. The topological polar surface area (TPSA) is 40.5 Å². The van der Waals surface area contributed by atoms with Crippen molar-refractivity contribution in [3.05, 3.63) is 71.8 Å². The Bertz CT molecular complexity index is 735. The second kappa shape index (κ2) is 22.7. The fourth-order valence-electron chi connectivity index (χ4n) is 2.54. The molecule has 3 rings (SSSR count). The van der Waals surface area contributed by atoms with Crippen LogP contribution in [0.5, 0.6) is 11.5 Å². The summed E-state index contributed by atoms with van der Waals surface area (Å²) in [6.45, 7) is 21.2. The Morgan fingerprint density at radius 2 is 0.788 bits per heavy atom. The van der Waals surface area contributed by atoms with Crippen molar-refractivity contribution in [2.24, 2.45) is 0 Å². The van der Waals surface area contributed by atoms with Crippen LogP contribution in [0.4, 0.5) is 0 Å². The lowest BCUT2D eigenvalue weighted by Gasteiger charge is -2.08. The van der Waals surface area contributed by atoms with E-state index in [1.54, 1.807) is 36.4 Å². The van der Waals surface area contributed by atoms with Crippen molar-refractivity contribution in [2.45, 2.75) is 102 Å².